The molecule has 0 bridgehead atoms. The fraction of sp³-hybridized carbons (Fsp3) is 0.480. The number of rotatable bonds is 8. The average Bonchev–Trinajstić information content (AvgIpc) is 3.50. The minimum Gasteiger partial charge on any atom is -0.465 e. The number of hydrogen-bond acceptors (Lipinski definition) is 9. The maximum absolute atomic E-state index is 13.2. The first-order valence-electron chi connectivity index (χ1n) is 12.7. The lowest BCUT2D eigenvalue weighted by Gasteiger charge is -2.36. The van der Waals surface area contributed by atoms with Gasteiger partial charge in [0.2, 0.25) is 12.7 Å². The van der Waals surface area contributed by atoms with E-state index in [1.807, 2.05) is 30.5 Å². The minimum atomic E-state index is -1.19. The van der Waals surface area contributed by atoms with Gasteiger partial charge in [0.1, 0.15) is 12.4 Å². The van der Waals surface area contributed by atoms with Crippen LogP contribution in [0, 0.1) is 11.8 Å². The molecule has 2 atom stereocenters. The molecule has 4 N–H and O–H groups in total. The molecule has 5 rings (SSSR count). The first kappa shape index (κ1) is 27.3. The van der Waals surface area contributed by atoms with Crippen molar-refractivity contribution in [1.82, 2.24) is 29.7 Å². The van der Waals surface area contributed by atoms with E-state index in [2.05, 4.69) is 31.2 Å². The maximum Gasteiger partial charge on any atom is 0.405 e. The van der Waals surface area contributed by atoms with Gasteiger partial charge in [-0.2, -0.15) is 0 Å². The molecule has 12 nitrogen and oxygen atoms in total. The Hall–Kier alpha value is -3.26. The Morgan fingerprint density at radius 3 is 2.79 bits per heavy atom. The zero-order valence-corrected chi connectivity index (χ0v) is 24.0. The quantitative estimate of drug-likeness (QED) is 0.337. The van der Waals surface area contributed by atoms with E-state index in [0.29, 0.717) is 53.3 Å². The highest BCUT2D eigenvalue weighted by atomic mass is 79.9. The van der Waals surface area contributed by atoms with Crippen LogP contribution < -0.4 is 20.5 Å². The standard InChI is InChI=1S/C25H30BrN7O5S/c1-13(2)19(31-25(35)36)23(34)32-6-3-4-14(10-32)5-7-33-22-20(21(27)28-11-29-22)30-24(33)39-18-9-17-16(8-15(18)26)37-12-38-17/h8-9,11,13-14,19,31H,3-7,10,12H2,1-2H3,(H,35,36)(H2,27,28,29)/t14?,19-/m0/s1. The number of carbonyl (C=O) groups is 2. The van der Waals surface area contributed by atoms with E-state index in [4.69, 9.17) is 20.2 Å². The van der Waals surface area contributed by atoms with Gasteiger partial charge in [-0.1, -0.05) is 25.6 Å². The van der Waals surface area contributed by atoms with Crippen molar-refractivity contribution in [1.29, 1.82) is 0 Å². The molecule has 208 valence electrons. The second-order valence-electron chi connectivity index (χ2n) is 9.97. The number of nitrogens with two attached hydrogens (primary N) is 1. The van der Waals surface area contributed by atoms with Crippen molar-refractivity contribution in [3.05, 3.63) is 22.9 Å². The van der Waals surface area contributed by atoms with Crippen molar-refractivity contribution in [2.75, 3.05) is 25.6 Å². The Balaban J connectivity index is 1.35. The highest BCUT2D eigenvalue weighted by Gasteiger charge is 2.32. The summed E-state index contributed by atoms with van der Waals surface area (Å²) >= 11 is 5.09. The molecule has 1 fully saturated rings. The smallest absolute Gasteiger partial charge is 0.405 e. The van der Waals surface area contributed by atoms with Gasteiger partial charge in [0.25, 0.3) is 0 Å². The van der Waals surface area contributed by atoms with Gasteiger partial charge in [-0.3, -0.25) is 4.79 Å². The van der Waals surface area contributed by atoms with Gasteiger partial charge < -0.3 is 35.1 Å². The summed E-state index contributed by atoms with van der Waals surface area (Å²) in [5, 5.41) is 12.3. The number of piperidine rings is 1. The zero-order chi connectivity index (χ0) is 27.7. The predicted molar refractivity (Wildman–Crippen MR) is 148 cm³/mol. The molecule has 1 aromatic carbocycles. The van der Waals surface area contributed by atoms with E-state index in [1.54, 1.807) is 4.90 Å². The number of fused-ring (bicyclic) bond motifs is 2. The van der Waals surface area contributed by atoms with Crippen LogP contribution in [0.2, 0.25) is 0 Å². The molecule has 1 unspecified atom stereocenters. The fourth-order valence-electron chi connectivity index (χ4n) is 4.94. The van der Waals surface area contributed by atoms with E-state index in [9.17, 15) is 14.7 Å². The molecule has 2 amide bonds. The Morgan fingerprint density at radius 2 is 2.05 bits per heavy atom. The predicted octanol–water partition coefficient (Wildman–Crippen LogP) is 3.97. The van der Waals surface area contributed by atoms with Crippen molar-refractivity contribution in [3.8, 4) is 11.5 Å². The summed E-state index contributed by atoms with van der Waals surface area (Å²) in [5.41, 5.74) is 7.33. The number of carboxylic acid groups (broad SMARTS) is 1. The highest BCUT2D eigenvalue weighted by molar-refractivity contribution is 9.10. The average molecular weight is 621 g/mol. The lowest BCUT2D eigenvalue weighted by molar-refractivity contribution is -0.136. The fourth-order valence-corrected chi connectivity index (χ4v) is 6.45. The van der Waals surface area contributed by atoms with Crippen LogP contribution >= 0.6 is 27.7 Å². The molecule has 2 aromatic heterocycles. The van der Waals surface area contributed by atoms with Gasteiger partial charge in [0, 0.05) is 29.0 Å². The summed E-state index contributed by atoms with van der Waals surface area (Å²) in [6, 6.07) is 3.03. The highest BCUT2D eigenvalue weighted by Crippen LogP contribution is 2.43. The number of carbonyl (C=O) groups excluding carboxylic acids is 1. The number of nitrogen functional groups attached to an aromatic ring is 1. The Bertz CT molecular complexity index is 1400. The molecule has 0 aliphatic carbocycles. The number of likely N-dealkylation sites (tertiary alicyclic amines) is 1. The Labute approximate surface area is 237 Å². The minimum absolute atomic E-state index is 0.147. The molecular weight excluding hydrogens is 590 g/mol. The summed E-state index contributed by atoms with van der Waals surface area (Å²) in [6.45, 7) is 5.68. The summed E-state index contributed by atoms with van der Waals surface area (Å²) in [6.07, 6.45) is 2.86. The van der Waals surface area contributed by atoms with Crippen molar-refractivity contribution < 1.29 is 24.2 Å². The number of ether oxygens (including phenoxy) is 2. The molecule has 14 heteroatoms. The van der Waals surface area contributed by atoms with Crippen molar-refractivity contribution in [3.63, 3.8) is 0 Å². The first-order valence-corrected chi connectivity index (χ1v) is 14.3. The molecule has 0 radical (unpaired) electrons. The molecule has 2 aliphatic rings. The van der Waals surface area contributed by atoms with Crippen LogP contribution in [-0.2, 0) is 11.3 Å². The second-order valence-corrected chi connectivity index (χ2v) is 11.8. The van der Waals surface area contributed by atoms with E-state index in [1.165, 1.54) is 18.1 Å². The van der Waals surface area contributed by atoms with Crippen LogP contribution in [0.15, 0.2) is 33.0 Å². The number of imidazole rings is 1. The summed E-state index contributed by atoms with van der Waals surface area (Å²) in [7, 11) is 0. The summed E-state index contributed by atoms with van der Waals surface area (Å²) in [4.78, 5) is 40.5. The SMILES string of the molecule is CC(C)[C@H](NC(=O)O)C(=O)N1CCCC(CCn2c(Sc3cc4c(cc3Br)OCO4)nc3c(N)ncnc32)C1. The van der Waals surface area contributed by atoms with Crippen LogP contribution in [0.5, 0.6) is 11.5 Å². The second kappa shape index (κ2) is 11.5. The van der Waals surface area contributed by atoms with Crippen molar-refractivity contribution >= 4 is 56.7 Å². The molecule has 3 aromatic rings. The number of anilines is 1. The molecular formula is C25H30BrN7O5S. The topological polar surface area (TPSA) is 158 Å². The van der Waals surface area contributed by atoms with E-state index in [-0.39, 0.29) is 24.5 Å². The summed E-state index contributed by atoms with van der Waals surface area (Å²) in [5.74, 6) is 1.59. The Kier molecular flexibility index (Phi) is 8.03. The molecule has 4 heterocycles. The van der Waals surface area contributed by atoms with Gasteiger partial charge >= 0.3 is 6.09 Å². The van der Waals surface area contributed by atoms with Gasteiger partial charge in [-0.05, 0) is 59.2 Å². The number of halogens is 1. The molecule has 1 saturated heterocycles. The van der Waals surface area contributed by atoms with Crippen LogP contribution in [0.4, 0.5) is 10.6 Å². The monoisotopic (exact) mass is 619 g/mol. The summed E-state index contributed by atoms with van der Waals surface area (Å²) < 4.78 is 13.9. The lowest BCUT2D eigenvalue weighted by atomic mass is 9.93. The lowest BCUT2D eigenvalue weighted by Crippen LogP contribution is -2.53. The van der Waals surface area contributed by atoms with Crippen LogP contribution in [0.3, 0.4) is 0 Å². The van der Waals surface area contributed by atoms with E-state index in [0.717, 1.165) is 28.6 Å². The normalized spacial score (nSPS) is 17.5. The largest absolute Gasteiger partial charge is 0.465 e. The van der Waals surface area contributed by atoms with Crippen LogP contribution in [0.25, 0.3) is 11.2 Å². The van der Waals surface area contributed by atoms with E-state index >= 15 is 0 Å². The van der Waals surface area contributed by atoms with Gasteiger partial charge in [0.15, 0.2) is 33.6 Å². The molecule has 39 heavy (non-hydrogen) atoms. The number of benzene rings is 1. The first-order chi connectivity index (χ1) is 18.7. The Morgan fingerprint density at radius 1 is 1.28 bits per heavy atom. The van der Waals surface area contributed by atoms with Gasteiger partial charge in [-0.15, -0.1) is 0 Å². The van der Waals surface area contributed by atoms with Crippen molar-refractivity contribution in [2.24, 2.45) is 11.8 Å². The van der Waals surface area contributed by atoms with Crippen molar-refractivity contribution in [2.45, 2.75) is 55.7 Å². The number of aryl methyl sites for hydroxylation is 1. The third-order valence-electron chi connectivity index (χ3n) is 6.96. The van der Waals surface area contributed by atoms with Gasteiger partial charge in [0.05, 0.1) is 0 Å². The van der Waals surface area contributed by atoms with Crippen LogP contribution in [0.1, 0.15) is 33.1 Å². The number of aromatic nitrogens is 4. The molecule has 2 aliphatic heterocycles. The molecule has 0 saturated carbocycles. The van der Waals surface area contributed by atoms with E-state index < -0.39 is 12.1 Å². The third kappa shape index (κ3) is 5.86. The number of nitrogens with zero attached hydrogens (tertiary/aromatic N) is 5. The number of amides is 2. The maximum atomic E-state index is 13.2. The van der Waals surface area contributed by atoms with Crippen LogP contribution in [-0.4, -0.2) is 67.5 Å². The third-order valence-corrected chi connectivity index (χ3v) is 8.93. The number of hydrogen-bond donors (Lipinski definition) is 3. The van der Waals surface area contributed by atoms with Gasteiger partial charge in [-0.25, -0.2) is 19.7 Å². The number of nitrogens with one attached hydrogen (secondary N) is 1. The zero-order valence-electron chi connectivity index (χ0n) is 21.6. The molecule has 0 spiro atoms.